The van der Waals surface area contributed by atoms with Gasteiger partial charge in [-0.2, -0.15) is 0 Å². The molecular weight excluding hydrogens is 228 g/mol. The van der Waals surface area contributed by atoms with E-state index in [0.717, 1.165) is 25.9 Å². The third-order valence-corrected chi connectivity index (χ3v) is 3.75. The quantitative estimate of drug-likeness (QED) is 0.781. The Bertz CT molecular complexity index is 248. The second kappa shape index (κ2) is 7.74. The summed E-state index contributed by atoms with van der Waals surface area (Å²) in [4.78, 5) is 14.3. The minimum absolute atomic E-state index is 0.00377. The van der Waals surface area contributed by atoms with Gasteiger partial charge in [0.25, 0.3) is 0 Å². The first kappa shape index (κ1) is 15.4. The first-order chi connectivity index (χ1) is 8.56. The molecule has 0 bridgehead atoms. The van der Waals surface area contributed by atoms with E-state index in [1.807, 2.05) is 11.8 Å². The number of rotatable bonds is 5. The summed E-state index contributed by atoms with van der Waals surface area (Å²) in [6.07, 6.45) is 4.70. The van der Waals surface area contributed by atoms with Gasteiger partial charge < -0.3 is 15.3 Å². The van der Waals surface area contributed by atoms with Crippen LogP contribution in [0, 0.1) is 5.92 Å². The van der Waals surface area contributed by atoms with Crippen molar-refractivity contribution in [2.75, 3.05) is 19.7 Å². The van der Waals surface area contributed by atoms with Gasteiger partial charge in [0.05, 0.1) is 12.6 Å². The van der Waals surface area contributed by atoms with E-state index < -0.39 is 0 Å². The van der Waals surface area contributed by atoms with Gasteiger partial charge >= 0.3 is 0 Å². The third kappa shape index (κ3) is 4.58. The smallest absolute Gasteiger partial charge is 0.239 e. The summed E-state index contributed by atoms with van der Waals surface area (Å²) in [6.45, 7) is 7.86. The van der Waals surface area contributed by atoms with Crippen LogP contribution in [0.25, 0.3) is 0 Å². The van der Waals surface area contributed by atoms with Crippen LogP contribution in [0.1, 0.15) is 46.5 Å². The van der Waals surface area contributed by atoms with Gasteiger partial charge in [-0.25, -0.2) is 0 Å². The number of amides is 1. The molecule has 0 spiro atoms. The highest BCUT2D eigenvalue weighted by Gasteiger charge is 2.24. The van der Waals surface area contributed by atoms with Gasteiger partial charge in [0.1, 0.15) is 0 Å². The van der Waals surface area contributed by atoms with Crippen LogP contribution in [0.2, 0.25) is 0 Å². The molecule has 1 saturated heterocycles. The maximum Gasteiger partial charge on any atom is 0.239 e. The minimum Gasteiger partial charge on any atom is -0.395 e. The molecule has 1 fully saturated rings. The summed E-state index contributed by atoms with van der Waals surface area (Å²) in [5, 5.41) is 12.5. The molecule has 1 amide bonds. The van der Waals surface area contributed by atoms with Crippen LogP contribution in [-0.4, -0.2) is 47.7 Å². The number of hydrogen-bond acceptors (Lipinski definition) is 3. The number of aliphatic hydroxyl groups is 1. The van der Waals surface area contributed by atoms with Crippen molar-refractivity contribution in [2.24, 2.45) is 5.92 Å². The van der Waals surface area contributed by atoms with Gasteiger partial charge in [-0.3, -0.25) is 4.79 Å². The molecule has 0 saturated carbocycles. The highest BCUT2D eigenvalue weighted by molar-refractivity contribution is 5.81. The molecule has 0 radical (unpaired) electrons. The van der Waals surface area contributed by atoms with E-state index in [-0.39, 0.29) is 24.6 Å². The van der Waals surface area contributed by atoms with Crippen LogP contribution in [0.3, 0.4) is 0 Å². The summed E-state index contributed by atoms with van der Waals surface area (Å²) in [7, 11) is 0. The molecule has 0 aliphatic carbocycles. The van der Waals surface area contributed by atoms with E-state index in [0.29, 0.717) is 5.92 Å². The van der Waals surface area contributed by atoms with Gasteiger partial charge in [-0.15, -0.1) is 0 Å². The Morgan fingerprint density at radius 2 is 1.72 bits per heavy atom. The topological polar surface area (TPSA) is 52.6 Å². The SMILES string of the molecule is CC(N[C@H](CO)C(C)C)C(=O)N1CCCCCC1. The van der Waals surface area contributed by atoms with Crippen LogP contribution >= 0.6 is 0 Å². The van der Waals surface area contributed by atoms with Crippen molar-refractivity contribution in [3.63, 3.8) is 0 Å². The Labute approximate surface area is 111 Å². The zero-order valence-electron chi connectivity index (χ0n) is 12.0. The molecule has 1 heterocycles. The number of likely N-dealkylation sites (tertiary alicyclic amines) is 1. The van der Waals surface area contributed by atoms with Crippen LogP contribution in [0.4, 0.5) is 0 Å². The van der Waals surface area contributed by atoms with E-state index in [2.05, 4.69) is 19.2 Å². The molecule has 18 heavy (non-hydrogen) atoms. The summed E-state index contributed by atoms with van der Waals surface area (Å²) in [6, 6.07) is -0.210. The van der Waals surface area contributed by atoms with Gasteiger partial charge in [0.15, 0.2) is 0 Å². The van der Waals surface area contributed by atoms with Crippen molar-refractivity contribution in [3.8, 4) is 0 Å². The fraction of sp³-hybridized carbons (Fsp3) is 0.929. The van der Waals surface area contributed by atoms with E-state index >= 15 is 0 Å². The largest absolute Gasteiger partial charge is 0.395 e. The van der Waals surface area contributed by atoms with Crippen molar-refractivity contribution in [1.82, 2.24) is 10.2 Å². The van der Waals surface area contributed by atoms with Crippen LogP contribution < -0.4 is 5.32 Å². The van der Waals surface area contributed by atoms with Gasteiger partial charge in [0.2, 0.25) is 5.91 Å². The zero-order valence-corrected chi connectivity index (χ0v) is 12.0. The highest BCUT2D eigenvalue weighted by atomic mass is 16.3. The second-order valence-electron chi connectivity index (χ2n) is 5.66. The number of carbonyl (C=O) groups is 1. The molecule has 1 aliphatic heterocycles. The van der Waals surface area contributed by atoms with E-state index in [4.69, 9.17) is 0 Å². The summed E-state index contributed by atoms with van der Waals surface area (Å²) in [5.41, 5.74) is 0. The van der Waals surface area contributed by atoms with Crippen molar-refractivity contribution in [2.45, 2.75) is 58.5 Å². The lowest BCUT2D eigenvalue weighted by molar-refractivity contribution is -0.133. The normalized spacial score (nSPS) is 20.6. The maximum absolute atomic E-state index is 12.3. The monoisotopic (exact) mass is 256 g/mol. The first-order valence-corrected chi connectivity index (χ1v) is 7.22. The Balaban J connectivity index is 2.48. The molecule has 4 heteroatoms. The summed E-state index contributed by atoms with van der Waals surface area (Å²) >= 11 is 0. The average Bonchev–Trinajstić information content (AvgIpc) is 2.62. The molecule has 4 nitrogen and oxygen atoms in total. The van der Waals surface area contributed by atoms with E-state index in [1.54, 1.807) is 0 Å². The van der Waals surface area contributed by atoms with E-state index in [9.17, 15) is 9.90 Å². The van der Waals surface area contributed by atoms with Gasteiger partial charge in [-0.1, -0.05) is 26.7 Å². The highest BCUT2D eigenvalue weighted by Crippen LogP contribution is 2.11. The number of aliphatic hydroxyl groups excluding tert-OH is 1. The predicted molar refractivity (Wildman–Crippen MR) is 73.4 cm³/mol. The van der Waals surface area contributed by atoms with Crippen molar-refractivity contribution in [3.05, 3.63) is 0 Å². The molecule has 1 rings (SSSR count). The number of hydrogen-bond donors (Lipinski definition) is 2. The summed E-state index contributed by atoms with van der Waals surface area (Å²) < 4.78 is 0. The number of nitrogens with zero attached hydrogens (tertiary/aromatic N) is 1. The maximum atomic E-state index is 12.3. The molecule has 0 aromatic carbocycles. The fourth-order valence-corrected chi connectivity index (χ4v) is 2.41. The average molecular weight is 256 g/mol. The molecule has 1 aliphatic rings. The van der Waals surface area contributed by atoms with Gasteiger partial charge in [0, 0.05) is 19.1 Å². The van der Waals surface area contributed by atoms with Crippen molar-refractivity contribution in [1.29, 1.82) is 0 Å². The molecule has 1 unspecified atom stereocenters. The van der Waals surface area contributed by atoms with Crippen molar-refractivity contribution < 1.29 is 9.90 Å². The van der Waals surface area contributed by atoms with E-state index in [1.165, 1.54) is 12.8 Å². The second-order valence-corrected chi connectivity index (χ2v) is 5.66. The van der Waals surface area contributed by atoms with Crippen LogP contribution in [0.15, 0.2) is 0 Å². The predicted octanol–water partition coefficient (Wildman–Crippen LogP) is 1.38. The molecular formula is C14H28N2O2. The molecule has 0 aromatic rings. The zero-order chi connectivity index (χ0) is 13.5. The Kier molecular flexibility index (Phi) is 6.65. The number of nitrogens with one attached hydrogen (secondary N) is 1. The Hall–Kier alpha value is -0.610. The van der Waals surface area contributed by atoms with Crippen LogP contribution in [0.5, 0.6) is 0 Å². The standard InChI is InChI=1S/C14H28N2O2/c1-11(2)13(10-17)15-12(3)14(18)16-8-6-4-5-7-9-16/h11-13,15,17H,4-10H2,1-3H3/t12?,13-/m1/s1. The molecule has 2 N–H and O–H groups in total. The van der Waals surface area contributed by atoms with Crippen LogP contribution in [-0.2, 0) is 4.79 Å². The first-order valence-electron chi connectivity index (χ1n) is 7.22. The lowest BCUT2D eigenvalue weighted by atomic mass is 10.0. The fourth-order valence-electron chi connectivity index (χ4n) is 2.41. The molecule has 2 atom stereocenters. The van der Waals surface area contributed by atoms with Gasteiger partial charge in [-0.05, 0) is 25.7 Å². The molecule has 106 valence electrons. The lowest BCUT2D eigenvalue weighted by Gasteiger charge is -2.28. The number of carbonyl (C=O) groups excluding carboxylic acids is 1. The van der Waals surface area contributed by atoms with Crippen molar-refractivity contribution >= 4 is 5.91 Å². The Morgan fingerprint density at radius 1 is 1.17 bits per heavy atom. The Morgan fingerprint density at radius 3 is 2.17 bits per heavy atom. The minimum atomic E-state index is -0.206. The third-order valence-electron chi connectivity index (χ3n) is 3.75. The molecule has 0 aromatic heterocycles. The lowest BCUT2D eigenvalue weighted by Crippen LogP contribution is -2.51. The summed E-state index contributed by atoms with van der Waals surface area (Å²) in [5.74, 6) is 0.505.